The maximum atomic E-state index is 3.46. The molecule has 1 aromatic carbocycles. The monoisotopic (exact) mass is 204 g/mol. The quantitative estimate of drug-likeness (QED) is 0.795. The molecule has 1 aromatic rings. The highest BCUT2D eigenvalue weighted by molar-refractivity contribution is 5.46. The summed E-state index contributed by atoms with van der Waals surface area (Å²) in [5.74, 6) is 0. The van der Waals surface area contributed by atoms with E-state index in [1.54, 1.807) is 0 Å². The van der Waals surface area contributed by atoms with Crippen LogP contribution in [-0.4, -0.2) is 26.2 Å². The van der Waals surface area contributed by atoms with E-state index in [1.807, 2.05) is 0 Å². The van der Waals surface area contributed by atoms with Gasteiger partial charge in [0.1, 0.15) is 0 Å². The Labute approximate surface area is 92.3 Å². The van der Waals surface area contributed by atoms with Crippen LogP contribution in [0.2, 0.25) is 0 Å². The van der Waals surface area contributed by atoms with Gasteiger partial charge >= 0.3 is 0 Å². The molecule has 0 bridgehead atoms. The number of nitrogens with zero attached hydrogens (tertiary/aromatic N) is 1. The normalized spacial score (nSPS) is 22.1. The lowest BCUT2D eigenvalue weighted by Crippen LogP contribution is -2.32. The van der Waals surface area contributed by atoms with E-state index in [0.717, 1.165) is 6.54 Å². The largest absolute Gasteiger partial charge is 0.372 e. The minimum Gasteiger partial charge on any atom is -0.372 e. The van der Waals surface area contributed by atoms with Gasteiger partial charge < -0.3 is 10.2 Å². The maximum Gasteiger partial charge on any atom is 0.0366 e. The molecule has 1 N–H and O–H groups in total. The Kier molecular flexibility index (Phi) is 3.62. The molecule has 0 aliphatic carbocycles. The van der Waals surface area contributed by atoms with Gasteiger partial charge in [-0.05, 0) is 44.5 Å². The van der Waals surface area contributed by atoms with Crippen LogP contribution in [0.3, 0.4) is 0 Å². The van der Waals surface area contributed by atoms with Crippen molar-refractivity contribution in [2.24, 2.45) is 0 Å². The van der Waals surface area contributed by atoms with Crippen molar-refractivity contribution in [2.45, 2.75) is 25.3 Å². The average molecular weight is 204 g/mol. The highest BCUT2D eigenvalue weighted by Gasteiger charge is 2.16. The summed E-state index contributed by atoms with van der Waals surface area (Å²) in [5.41, 5.74) is 1.34. The van der Waals surface area contributed by atoms with Gasteiger partial charge in [0.25, 0.3) is 0 Å². The molecule has 15 heavy (non-hydrogen) atoms. The van der Waals surface area contributed by atoms with Crippen LogP contribution in [0.1, 0.15) is 19.3 Å². The van der Waals surface area contributed by atoms with Gasteiger partial charge in [0.15, 0.2) is 0 Å². The van der Waals surface area contributed by atoms with Crippen molar-refractivity contribution < 1.29 is 0 Å². The Balaban J connectivity index is 2.03. The summed E-state index contributed by atoms with van der Waals surface area (Å²) in [6.07, 6.45) is 3.85. The smallest absolute Gasteiger partial charge is 0.0366 e. The number of nitrogens with one attached hydrogen (secondary N) is 1. The molecule has 1 aliphatic heterocycles. The molecule has 0 spiro atoms. The predicted molar refractivity (Wildman–Crippen MR) is 65.4 cm³/mol. The second-order valence-corrected chi connectivity index (χ2v) is 4.28. The number of anilines is 1. The fraction of sp³-hybridized carbons (Fsp3) is 0.538. The molecular weight excluding hydrogens is 184 g/mol. The molecule has 2 heteroatoms. The minimum absolute atomic E-state index is 0.697. The summed E-state index contributed by atoms with van der Waals surface area (Å²) < 4.78 is 0. The fourth-order valence-electron chi connectivity index (χ4n) is 2.26. The third kappa shape index (κ3) is 2.72. The molecule has 82 valence electrons. The Morgan fingerprint density at radius 1 is 1.13 bits per heavy atom. The summed E-state index contributed by atoms with van der Waals surface area (Å²) in [6.45, 7) is 2.33. The van der Waals surface area contributed by atoms with Crippen LogP contribution >= 0.6 is 0 Å². The average Bonchev–Trinajstić information content (AvgIpc) is 2.58. The molecule has 0 amide bonds. The lowest BCUT2D eigenvalue weighted by Gasteiger charge is -2.29. The highest BCUT2D eigenvalue weighted by Crippen LogP contribution is 2.19. The van der Waals surface area contributed by atoms with Gasteiger partial charge in [0, 0.05) is 18.8 Å². The molecule has 1 saturated heterocycles. The first-order chi connectivity index (χ1) is 7.38. The van der Waals surface area contributed by atoms with E-state index in [9.17, 15) is 0 Å². The lowest BCUT2D eigenvalue weighted by molar-refractivity contribution is 0.567. The Hall–Kier alpha value is -1.02. The summed E-state index contributed by atoms with van der Waals surface area (Å²) in [4.78, 5) is 2.42. The lowest BCUT2D eigenvalue weighted by atomic mass is 10.1. The number of hydrogen-bond acceptors (Lipinski definition) is 2. The number of para-hydroxylation sites is 1. The van der Waals surface area contributed by atoms with Gasteiger partial charge in [-0.1, -0.05) is 18.2 Å². The molecule has 1 heterocycles. The van der Waals surface area contributed by atoms with E-state index in [2.05, 4.69) is 47.6 Å². The maximum absolute atomic E-state index is 3.46. The topological polar surface area (TPSA) is 15.3 Å². The zero-order chi connectivity index (χ0) is 10.5. The van der Waals surface area contributed by atoms with E-state index in [0.29, 0.717) is 6.04 Å². The Morgan fingerprint density at radius 2 is 1.93 bits per heavy atom. The van der Waals surface area contributed by atoms with E-state index in [1.165, 1.54) is 31.5 Å². The van der Waals surface area contributed by atoms with Crippen molar-refractivity contribution in [3.05, 3.63) is 30.3 Å². The van der Waals surface area contributed by atoms with E-state index in [-0.39, 0.29) is 0 Å². The first-order valence-corrected chi connectivity index (χ1v) is 5.86. The first-order valence-electron chi connectivity index (χ1n) is 5.86. The van der Waals surface area contributed by atoms with Crippen molar-refractivity contribution in [3.8, 4) is 0 Å². The SMILES string of the molecule is CN(c1ccccc1)C1CCCNCC1. The molecule has 2 nitrogen and oxygen atoms in total. The third-order valence-corrected chi connectivity index (χ3v) is 3.26. The summed E-state index contributed by atoms with van der Waals surface area (Å²) >= 11 is 0. The second kappa shape index (κ2) is 5.17. The molecular formula is C13H20N2. The van der Waals surface area contributed by atoms with Gasteiger partial charge in [0.05, 0.1) is 0 Å². The van der Waals surface area contributed by atoms with Crippen LogP contribution in [0.15, 0.2) is 30.3 Å². The van der Waals surface area contributed by atoms with Gasteiger partial charge in [-0.15, -0.1) is 0 Å². The molecule has 1 aliphatic rings. The zero-order valence-corrected chi connectivity index (χ0v) is 9.45. The van der Waals surface area contributed by atoms with Gasteiger partial charge in [-0.3, -0.25) is 0 Å². The van der Waals surface area contributed by atoms with Crippen molar-refractivity contribution in [1.29, 1.82) is 0 Å². The summed E-state index contributed by atoms with van der Waals surface area (Å²) in [5, 5.41) is 3.46. The molecule has 0 radical (unpaired) electrons. The van der Waals surface area contributed by atoms with Gasteiger partial charge in [-0.25, -0.2) is 0 Å². The van der Waals surface area contributed by atoms with Crippen LogP contribution in [0.4, 0.5) is 5.69 Å². The van der Waals surface area contributed by atoms with Crippen molar-refractivity contribution >= 4 is 5.69 Å². The number of rotatable bonds is 2. The second-order valence-electron chi connectivity index (χ2n) is 4.28. The number of hydrogen-bond donors (Lipinski definition) is 1. The molecule has 1 unspecified atom stereocenters. The zero-order valence-electron chi connectivity index (χ0n) is 9.45. The summed E-state index contributed by atoms with van der Waals surface area (Å²) in [7, 11) is 2.21. The standard InChI is InChI=1S/C13H20N2/c1-15(12-6-3-2-4-7-12)13-8-5-10-14-11-9-13/h2-4,6-7,13-14H,5,8-11H2,1H3. The van der Waals surface area contributed by atoms with E-state index in [4.69, 9.17) is 0 Å². The predicted octanol–water partition coefficient (Wildman–Crippen LogP) is 2.26. The Bertz CT molecular complexity index is 276. The fourth-order valence-corrected chi connectivity index (χ4v) is 2.26. The van der Waals surface area contributed by atoms with Crippen LogP contribution in [-0.2, 0) is 0 Å². The molecule has 0 saturated carbocycles. The minimum atomic E-state index is 0.697. The molecule has 1 atom stereocenters. The van der Waals surface area contributed by atoms with Crippen LogP contribution in [0.5, 0.6) is 0 Å². The molecule has 1 fully saturated rings. The van der Waals surface area contributed by atoms with Crippen molar-refractivity contribution in [3.63, 3.8) is 0 Å². The van der Waals surface area contributed by atoms with Crippen LogP contribution < -0.4 is 10.2 Å². The summed E-state index contributed by atoms with van der Waals surface area (Å²) in [6, 6.07) is 11.4. The molecule has 0 aromatic heterocycles. The van der Waals surface area contributed by atoms with Gasteiger partial charge in [-0.2, -0.15) is 0 Å². The molecule has 2 rings (SSSR count). The van der Waals surface area contributed by atoms with Gasteiger partial charge in [0.2, 0.25) is 0 Å². The number of benzene rings is 1. The highest BCUT2D eigenvalue weighted by atomic mass is 15.1. The van der Waals surface area contributed by atoms with Crippen molar-refractivity contribution in [2.75, 3.05) is 25.0 Å². The van der Waals surface area contributed by atoms with E-state index < -0.39 is 0 Å². The van der Waals surface area contributed by atoms with Crippen LogP contribution in [0.25, 0.3) is 0 Å². The van der Waals surface area contributed by atoms with E-state index >= 15 is 0 Å². The third-order valence-electron chi connectivity index (χ3n) is 3.26. The first kappa shape index (κ1) is 10.5. The van der Waals surface area contributed by atoms with Crippen LogP contribution in [0, 0.1) is 0 Å². The Morgan fingerprint density at radius 3 is 2.73 bits per heavy atom. The van der Waals surface area contributed by atoms with Crippen molar-refractivity contribution in [1.82, 2.24) is 5.32 Å².